The van der Waals surface area contributed by atoms with Gasteiger partial charge in [0.1, 0.15) is 25.0 Å². The lowest BCUT2D eigenvalue weighted by Crippen LogP contribution is -2.40. The Balaban J connectivity index is 1.24. The second kappa shape index (κ2) is 14.2. The van der Waals surface area contributed by atoms with Gasteiger partial charge in [0.2, 0.25) is 5.79 Å². The van der Waals surface area contributed by atoms with E-state index in [2.05, 4.69) is 20.9 Å². The molecule has 3 N–H and O–H groups in total. The Morgan fingerprint density at radius 1 is 1.15 bits per heavy atom. The summed E-state index contributed by atoms with van der Waals surface area (Å²) < 4.78 is 25.2. The minimum atomic E-state index is -1.12. The van der Waals surface area contributed by atoms with Crippen molar-refractivity contribution in [3.05, 3.63) is 76.8 Å². The van der Waals surface area contributed by atoms with Crippen LogP contribution in [0.4, 0.5) is 10.5 Å². The molecule has 1 aliphatic rings. The number of aromatic nitrogens is 2. The van der Waals surface area contributed by atoms with E-state index in [4.69, 9.17) is 42.1 Å². The van der Waals surface area contributed by atoms with E-state index in [1.54, 1.807) is 31.6 Å². The number of hydrogen-bond acceptors (Lipinski definition) is 8. The summed E-state index contributed by atoms with van der Waals surface area (Å²) in [6.45, 7) is 3.60. The predicted molar refractivity (Wildman–Crippen MR) is 150 cm³/mol. The van der Waals surface area contributed by atoms with Gasteiger partial charge in [0, 0.05) is 41.8 Å². The van der Waals surface area contributed by atoms with Crippen LogP contribution in [0, 0.1) is 0 Å². The van der Waals surface area contributed by atoms with Crippen molar-refractivity contribution >= 4 is 40.9 Å². The lowest BCUT2D eigenvalue weighted by molar-refractivity contribution is -0.189. The standard InChI is InChI=1S/C27H31Cl2N5O6/c1-2-37-25(35)14-33-26(36)32-10-9-31-20-4-6-21(7-5-20)38-15-22-16-39-27(40-22,17-34-12-11-30-18-34)23-8-3-19(28)13-24(23)29/h3-8,11-13,18,22,31H,2,9-10,14-17H2,1H3,(H2,32,33,36)/t22-,27-/m1/s1. The quantitative estimate of drug-likeness (QED) is 0.202. The van der Waals surface area contributed by atoms with Gasteiger partial charge >= 0.3 is 12.0 Å². The van der Waals surface area contributed by atoms with Crippen LogP contribution in [0.1, 0.15) is 12.5 Å². The van der Waals surface area contributed by atoms with E-state index in [9.17, 15) is 9.59 Å². The monoisotopic (exact) mass is 591 g/mol. The van der Waals surface area contributed by atoms with Crippen LogP contribution in [0.15, 0.2) is 61.2 Å². The second-order valence-electron chi connectivity index (χ2n) is 8.84. The van der Waals surface area contributed by atoms with Gasteiger partial charge in [-0.1, -0.05) is 29.3 Å². The van der Waals surface area contributed by atoms with Gasteiger partial charge in [-0.15, -0.1) is 0 Å². The number of nitrogens with one attached hydrogen (secondary N) is 3. The number of hydrogen-bond donors (Lipinski definition) is 3. The molecule has 214 valence electrons. The number of carbonyl (C=O) groups is 2. The highest BCUT2D eigenvalue weighted by molar-refractivity contribution is 6.35. The number of ether oxygens (including phenoxy) is 4. The molecule has 1 aliphatic heterocycles. The maximum Gasteiger partial charge on any atom is 0.325 e. The molecule has 11 nitrogen and oxygen atoms in total. The number of halogens is 2. The zero-order valence-corrected chi connectivity index (χ0v) is 23.4. The number of imidazole rings is 1. The molecule has 2 aromatic carbocycles. The first-order valence-electron chi connectivity index (χ1n) is 12.7. The average Bonchev–Trinajstić information content (AvgIpc) is 3.60. The van der Waals surface area contributed by atoms with E-state index in [1.165, 1.54) is 0 Å². The van der Waals surface area contributed by atoms with E-state index in [0.717, 1.165) is 5.69 Å². The summed E-state index contributed by atoms with van der Waals surface area (Å²) in [6, 6.07) is 12.2. The number of rotatable bonds is 13. The molecule has 0 spiro atoms. The fourth-order valence-electron chi connectivity index (χ4n) is 4.04. The van der Waals surface area contributed by atoms with E-state index in [1.807, 2.05) is 41.1 Å². The Hall–Kier alpha value is -3.51. The second-order valence-corrected chi connectivity index (χ2v) is 9.68. The van der Waals surface area contributed by atoms with Gasteiger partial charge in [0.15, 0.2) is 0 Å². The highest BCUT2D eigenvalue weighted by atomic mass is 35.5. The van der Waals surface area contributed by atoms with Gasteiger partial charge in [0.25, 0.3) is 0 Å². The molecule has 40 heavy (non-hydrogen) atoms. The summed E-state index contributed by atoms with van der Waals surface area (Å²) >= 11 is 12.6. The van der Waals surface area contributed by atoms with Crippen molar-refractivity contribution in [2.24, 2.45) is 0 Å². The smallest absolute Gasteiger partial charge is 0.325 e. The van der Waals surface area contributed by atoms with Crippen molar-refractivity contribution in [2.45, 2.75) is 25.4 Å². The number of amides is 2. The molecular weight excluding hydrogens is 561 g/mol. The van der Waals surface area contributed by atoms with Gasteiger partial charge in [-0.25, -0.2) is 9.78 Å². The van der Waals surface area contributed by atoms with Crippen LogP contribution in [0.5, 0.6) is 5.75 Å². The molecule has 0 bridgehead atoms. The Morgan fingerprint density at radius 3 is 2.70 bits per heavy atom. The summed E-state index contributed by atoms with van der Waals surface area (Å²) in [5.74, 6) is -0.930. The van der Waals surface area contributed by atoms with Crippen LogP contribution in [0.25, 0.3) is 0 Å². The first-order valence-corrected chi connectivity index (χ1v) is 13.5. The third-order valence-corrected chi connectivity index (χ3v) is 6.43. The number of carbonyl (C=O) groups excluding carboxylic acids is 2. The summed E-state index contributed by atoms with van der Waals surface area (Å²) in [4.78, 5) is 27.1. The highest BCUT2D eigenvalue weighted by Crippen LogP contribution is 2.40. The Kier molecular flexibility index (Phi) is 10.5. The number of urea groups is 1. The number of esters is 1. The van der Waals surface area contributed by atoms with Gasteiger partial charge in [-0.2, -0.15) is 0 Å². The lowest BCUT2D eigenvalue weighted by atomic mass is 10.1. The van der Waals surface area contributed by atoms with Crippen LogP contribution >= 0.6 is 23.2 Å². The van der Waals surface area contributed by atoms with Crippen molar-refractivity contribution in [1.82, 2.24) is 20.2 Å². The van der Waals surface area contributed by atoms with Gasteiger partial charge in [-0.05, 0) is 43.3 Å². The van der Waals surface area contributed by atoms with Crippen molar-refractivity contribution in [3.8, 4) is 5.75 Å². The first-order chi connectivity index (χ1) is 19.4. The molecule has 1 aromatic heterocycles. The summed E-state index contributed by atoms with van der Waals surface area (Å²) in [6.07, 6.45) is 4.87. The van der Waals surface area contributed by atoms with Crippen LogP contribution in [-0.4, -0.2) is 67.1 Å². The molecule has 2 heterocycles. The highest BCUT2D eigenvalue weighted by Gasteiger charge is 2.45. The summed E-state index contributed by atoms with van der Waals surface area (Å²) in [7, 11) is 0. The van der Waals surface area contributed by atoms with Crippen LogP contribution in [-0.2, 0) is 31.3 Å². The molecule has 0 unspecified atom stereocenters. The fourth-order valence-corrected chi connectivity index (χ4v) is 4.60. The molecule has 0 saturated carbocycles. The first kappa shape index (κ1) is 29.5. The van der Waals surface area contributed by atoms with E-state index in [0.29, 0.717) is 47.6 Å². The summed E-state index contributed by atoms with van der Waals surface area (Å²) in [5.41, 5.74) is 1.54. The van der Waals surface area contributed by atoms with Crippen molar-refractivity contribution in [2.75, 3.05) is 44.8 Å². The van der Waals surface area contributed by atoms with Crippen LogP contribution < -0.4 is 20.7 Å². The van der Waals surface area contributed by atoms with E-state index in [-0.39, 0.29) is 25.9 Å². The fraction of sp³-hybridized carbons (Fsp3) is 0.370. The zero-order valence-electron chi connectivity index (χ0n) is 21.9. The zero-order chi connectivity index (χ0) is 28.4. The topological polar surface area (TPSA) is 125 Å². The number of nitrogens with zero attached hydrogens (tertiary/aromatic N) is 2. The Morgan fingerprint density at radius 2 is 1.98 bits per heavy atom. The Labute approximate surface area is 242 Å². The van der Waals surface area contributed by atoms with Gasteiger partial charge in [-0.3, -0.25) is 4.79 Å². The molecule has 0 aliphatic carbocycles. The van der Waals surface area contributed by atoms with Gasteiger partial charge < -0.3 is 39.5 Å². The molecule has 3 aromatic rings. The van der Waals surface area contributed by atoms with Gasteiger partial charge in [0.05, 0.1) is 31.1 Å². The lowest BCUT2D eigenvalue weighted by Gasteiger charge is -2.30. The van der Waals surface area contributed by atoms with Crippen molar-refractivity contribution in [3.63, 3.8) is 0 Å². The third-order valence-electron chi connectivity index (χ3n) is 5.88. The minimum Gasteiger partial charge on any atom is -0.491 e. The molecule has 2 atom stereocenters. The Bertz CT molecular complexity index is 1260. The molecule has 4 rings (SSSR count). The minimum absolute atomic E-state index is 0.174. The number of anilines is 1. The van der Waals surface area contributed by atoms with E-state index < -0.39 is 17.8 Å². The van der Waals surface area contributed by atoms with Crippen LogP contribution in [0.2, 0.25) is 10.0 Å². The molecule has 1 fully saturated rings. The van der Waals surface area contributed by atoms with Crippen molar-refractivity contribution in [1.29, 1.82) is 0 Å². The summed E-state index contributed by atoms with van der Waals surface area (Å²) in [5, 5.41) is 9.27. The predicted octanol–water partition coefficient (Wildman–Crippen LogP) is 3.81. The van der Waals surface area contributed by atoms with E-state index >= 15 is 0 Å². The average molecular weight is 592 g/mol. The maximum absolute atomic E-state index is 11.7. The molecular formula is C27H31Cl2N5O6. The number of benzene rings is 2. The maximum atomic E-state index is 11.7. The SMILES string of the molecule is CCOC(=O)CNC(=O)NCCNc1ccc(OC[C@@H]2CO[C@@](Cn3ccnc3)(c3ccc(Cl)cc3Cl)O2)cc1. The third kappa shape index (κ3) is 8.25. The molecule has 2 amide bonds. The van der Waals surface area contributed by atoms with Crippen LogP contribution in [0.3, 0.4) is 0 Å². The molecule has 0 radical (unpaired) electrons. The normalized spacial score (nSPS) is 18.2. The largest absolute Gasteiger partial charge is 0.491 e. The molecule has 13 heteroatoms. The van der Waals surface area contributed by atoms with Crippen molar-refractivity contribution < 1.29 is 28.5 Å². The molecule has 1 saturated heterocycles.